The van der Waals surface area contributed by atoms with Crippen LogP contribution in [0.25, 0.3) is 0 Å². The smallest absolute Gasteiger partial charge is 0.321 e. The van der Waals surface area contributed by atoms with Gasteiger partial charge in [0.1, 0.15) is 6.04 Å². The Morgan fingerprint density at radius 3 is 2.29 bits per heavy atom. The topological polar surface area (TPSA) is 63.3 Å². The lowest BCUT2D eigenvalue weighted by atomic mass is 9.67. The Morgan fingerprint density at radius 1 is 1.35 bits per heavy atom. The normalized spacial score (nSPS) is 19.7. The highest BCUT2D eigenvalue weighted by Crippen LogP contribution is 2.61. The first kappa shape index (κ1) is 12.1. The van der Waals surface area contributed by atoms with Crippen molar-refractivity contribution in [2.75, 3.05) is 0 Å². The average Bonchev–Trinajstić information content (AvgIpc) is 3.10. The van der Waals surface area contributed by atoms with E-state index < -0.39 is 12.0 Å². The Morgan fingerprint density at radius 2 is 1.88 bits per heavy atom. The van der Waals surface area contributed by atoms with Gasteiger partial charge in [0.15, 0.2) is 0 Å². The maximum Gasteiger partial charge on any atom is 0.321 e. The highest BCUT2D eigenvalue weighted by atomic mass is 16.4. The summed E-state index contributed by atoms with van der Waals surface area (Å²) in [5.41, 5.74) is 6.55. The summed E-state index contributed by atoms with van der Waals surface area (Å²) in [6.45, 7) is 4.19. The molecule has 0 spiro atoms. The number of aliphatic carboxylic acids is 1. The predicted molar refractivity (Wildman–Crippen MR) is 66.7 cm³/mol. The lowest BCUT2D eigenvalue weighted by Gasteiger charge is -2.37. The van der Waals surface area contributed by atoms with Gasteiger partial charge in [-0.25, -0.2) is 0 Å². The number of carbonyl (C=O) groups is 1. The molecule has 1 aliphatic rings. The van der Waals surface area contributed by atoms with Crippen LogP contribution in [0.15, 0.2) is 30.3 Å². The van der Waals surface area contributed by atoms with Gasteiger partial charge in [-0.15, -0.1) is 0 Å². The summed E-state index contributed by atoms with van der Waals surface area (Å²) in [7, 11) is 0. The van der Waals surface area contributed by atoms with Crippen LogP contribution in [0.4, 0.5) is 0 Å². The van der Waals surface area contributed by atoms with Crippen LogP contribution in [0.1, 0.15) is 32.3 Å². The fourth-order valence-corrected chi connectivity index (χ4v) is 2.84. The number of carboxylic acids is 1. The summed E-state index contributed by atoms with van der Waals surface area (Å²) in [5, 5.41) is 9.14. The summed E-state index contributed by atoms with van der Waals surface area (Å²) in [5.74, 6) is -0.897. The van der Waals surface area contributed by atoms with Crippen LogP contribution in [-0.2, 0) is 10.2 Å². The molecule has 0 bridgehead atoms. The second-order valence-corrected chi connectivity index (χ2v) is 5.46. The highest BCUT2D eigenvalue weighted by molar-refractivity contribution is 5.75. The van der Waals surface area contributed by atoms with E-state index in [1.807, 2.05) is 18.2 Å². The molecule has 3 heteroatoms. The minimum absolute atomic E-state index is 0.202. The first-order valence-electron chi connectivity index (χ1n) is 5.96. The molecule has 0 heterocycles. The molecule has 3 N–H and O–H groups in total. The zero-order valence-corrected chi connectivity index (χ0v) is 10.3. The molecule has 1 saturated carbocycles. The van der Waals surface area contributed by atoms with E-state index in [1.165, 1.54) is 0 Å². The maximum absolute atomic E-state index is 11.1. The van der Waals surface area contributed by atoms with Crippen molar-refractivity contribution < 1.29 is 9.90 Å². The van der Waals surface area contributed by atoms with Gasteiger partial charge in [-0.1, -0.05) is 44.2 Å². The lowest BCUT2D eigenvalue weighted by Crippen LogP contribution is -2.48. The van der Waals surface area contributed by atoms with Crippen LogP contribution in [0.2, 0.25) is 0 Å². The van der Waals surface area contributed by atoms with Gasteiger partial charge in [-0.2, -0.15) is 0 Å². The fraction of sp³-hybridized carbons (Fsp3) is 0.500. The number of benzene rings is 1. The molecule has 0 radical (unpaired) electrons. The van der Waals surface area contributed by atoms with E-state index in [9.17, 15) is 4.79 Å². The third-order valence-corrected chi connectivity index (χ3v) is 4.39. The van der Waals surface area contributed by atoms with Crippen molar-refractivity contribution in [1.29, 1.82) is 0 Å². The average molecular weight is 233 g/mol. The fourth-order valence-electron chi connectivity index (χ4n) is 2.84. The minimum atomic E-state index is -0.897. The van der Waals surface area contributed by atoms with Gasteiger partial charge < -0.3 is 10.8 Å². The van der Waals surface area contributed by atoms with Gasteiger partial charge in [0.05, 0.1) is 0 Å². The van der Waals surface area contributed by atoms with Gasteiger partial charge in [-0.3, -0.25) is 4.79 Å². The first-order valence-corrected chi connectivity index (χ1v) is 5.96. The molecule has 1 aromatic rings. The molecule has 2 rings (SSSR count). The summed E-state index contributed by atoms with van der Waals surface area (Å²) >= 11 is 0. The van der Waals surface area contributed by atoms with Gasteiger partial charge in [0, 0.05) is 5.41 Å². The number of carboxylic acid groups (broad SMARTS) is 1. The molecule has 1 fully saturated rings. The van der Waals surface area contributed by atoms with Crippen molar-refractivity contribution >= 4 is 5.97 Å². The Hall–Kier alpha value is -1.35. The van der Waals surface area contributed by atoms with Crippen molar-refractivity contribution in [1.82, 2.24) is 0 Å². The van der Waals surface area contributed by atoms with Crippen molar-refractivity contribution in [2.24, 2.45) is 11.1 Å². The second kappa shape index (κ2) is 3.84. The van der Waals surface area contributed by atoms with E-state index in [2.05, 4.69) is 26.0 Å². The number of nitrogens with two attached hydrogens (primary N) is 1. The predicted octanol–water partition coefficient (Wildman–Crippen LogP) is 2.16. The second-order valence-electron chi connectivity index (χ2n) is 5.46. The molecule has 0 saturated heterocycles. The van der Waals surface area contributed by atoms with Gasteiger partial charge >= 0.3 is 5.97 Å². The molecule has 1 aliphatic carbocycles. The Kier molecular flexibility index (Phi) is 2.74. The summed E-state index contributed by atoms with van der Waals surface area (Å²) < 4.78 is 0. The van der Waals surface area contributed by atoms with Gasteiger partial charge in [0.2, 0.25) is 0 Å². The molecule has 1 unspecified atom stereocenters. The Bertz CT molecular complexity index is 421. The van der Waals surface area contributed by atoms with Crippen molar-refractivity contribution in [2.45, 2.75) is 38.1 Å². The molecule has 0 aliphatic heterocycles. The number of hydrogen-bond donors (Lipinski definition) is 2. The molecule has 0 amide bonds. The maximum atomic E-state index is 11.1. The first-order chi connectivity index (χ1) is 7.92. The zero-order valence-electron chi connectivity index (χ0n) is 10.3. The van der Waals surface area contributed by atoms with Crippen molar-refractivity contribution in [3.8, 4) is 0 Å². The van der Waals surface area contributed by atoms with Crippen LogP contribution in [0, 0.1) is 5.41 Å². The van der Waals surface area contributed by atoms with E-state index in [0.717, 1.165) is 18.4 Å². The van der Waals surface area contributed by atoms with Crippen LogP contribution in [0.5, 0.6) is 0 Å². The minimum Gasteiger partial charge on any atom is -0.480 e. The molecule has 92 valence electrons. The van der Waals surface area contributed by atoms with Crippen LogP contribution >= 0.6 is 0 Å². The van der Waals surface area contributed by atoms with Crippen LogP contribution < -0.4 is 5.73 Å². The third kappa shape index (κ3) is 1.75. The van der Waals surface area contributed by atoms with E-state index >= 15 is 0 Å². The molecule has 3 nitrogen and oxygen atoms in total. The Labute approximate surface area is 102 Å². The molecular weight excluding hydrogens is 214 g/mol. The summed E-state index contributed by atoms with van der Waals surface area (Å²) in [6.07, 6.45) is 1.78. The number of rotatable bonds is 4. The zero-order chi connectivity index (χ0) is 12.7. The van der Waals surface area contributed by atoms with Gasteiger partial charge in [0.25, 0.3) is 0 Å². The van der Waals surface area contributed by atoms with E-state index in [1.54, 1.807) is 0 Å². The third-order valence-electron chi connectivity index (χ3n) is 4.39. The van der Waals surface area contributed by atoms with E-state index in [0.29, 0.717) is 0 Å². The van der Waals surface area contributed by atoms with Crippen LogP contribution in [-0.4, -0.2) is 17.1 Å². The van der Waals surface area contributed by atoms with Crippen molar-refractivity contribution in [3.63, 3.8) is 0 Å². The molecule has 1 atom stereocenters. The van der Waals surface area contributed by atoms with Crippen molar-refractivity contribution in [3.05, 3.63) is 35.9 Å². The SMILES string of the molecule is CC(C)(c1ccccc1)C1(C(N)C(=O)O)CC1. The summed E-state index contributed by atoms with van der Waals surface area (Å²) in [4.78, 5) is 11.1. The molecule has 1 aromatic carbocycles. The lowest BCUT2D eigenvalue weighted by molar-refractivity contribution is -0.141. The summed E-state index contributed by atoms with van der Waals surface area (Å²) in [6, 6.07) is 9.26. The van der Waals surface area contributed by atoms with Gasteiger partial charge in [-0.05, 0) is 23.8 Å². The Balaban J connectivity index is 2.36. The monoisotopic (exact) mass is 233 g/mol. The quantitative estimate of drug-likeness (QED) is 0.837. The van der Waals surface area contributed by atoms with E-state index in [-0.39, 0.29) is 10.8 Å². The van der Waals surface area contributed by atoms with Crippen LogP contribution in [0.3, 0.4) is 0 Å². The van der Waals surface area contributed by atoms with E-state index in [4.69, 9.17) is 10.8 Å². The molecule has 17 heavy (non-hydrogen) atoms. The molecular formula is C14H19NO2. The standard InChI is InChI=1S/C14H19NO2/c1-13(2,10-6-4-3-5-7-10)14(8-9-14)11(15)12(16)17/h3-7,11H,8-9,15H2,1-2H3,(H,16,17). The number of hydrogen-bond acceptors (Lipinski definition) is 2. The molecule has 0 aromatic heterocycles. The largest absolute Gasteiger partial charge is 0.480 e. The highest BCUT2D eigenvalue weighted by Gasteiger charge is 2.60.